The van der Waals surface area contributed by atoms with Crippen LogP contribution >= 0.6 is 0 Å². The van der Waals surface area contributed by atoms with Crippen molar-refractivity contribution in [3.63, 3.8) is 0 Å². The largest absolute Gasteiger partial charge is 2.00 e. The molecule has 0 radical (unpaired) electrons. The van der Waals surface area contributed by atoms with Crippen molar-refractivity contribution < 1.29 is 45.7 Å². The summed E-state index contributed by atoms with van der Waals surface area (Å²) in [7, 11) is 0. The van der Waals surface area contributed by atoms with Crippen LogP contribution in [0.4, 0.5) is 5.69 Å². The molecule has 0 bridgehead atoms. The molecular weight excluding hydrogens is 784 g/mol. The third kappa shape index (κ3) is 17.3. The third-order valence-electron chi connectivity index (χ3n) is 8.57. The summed E-state index contributed by atoms with van der Waals surface area (Å²) < 4.78 is 0. The standard InChI is InChI=1S/C28H36N2O.3C7H5O.CH4.Zr/c1-19(2)23-14-10-15-24(20(3)4)27(23)29-21(5)25-16-11-17-26(30-25)28(6,31)18-22-12-8-7-9-13-22;3*8-6-7-4-2-1-3-5-7;;/h7-17,19-21,29,31H,18H2,1-6H3;3*1-5H;1H4;/q;3*-1;;+2. The van der Waals surface area contributed by atoms with Gasteiger partial charge in [0.1, 0.15) is 5.60 Å². The first kappa shape index (κ1) is 49.9. The Kier molecular flexibility index (Phi) is 23.4. The maximum atomic E-state index is 11.2. The second-order valence-corrected chi connectivity index (χ2v) is 13.8. The first-order valence-electron chi connectivity index (χ1n) is 18.4. The van der Waals surface area contributed by atoms with Gasteiger partial charge in [-0.25, -0.2) is 0 Å². The van der Waals surface area contributed by atoms with Gasteiger partial charge in [-0.15, -0.1) is 36.4 Å². The number of benzene rings is 5. The first-order valence-corrected chi connectivity index (χ1v) is 18.4. The van der Waals surface area contributed by atoms with Crippen molar-refractivity contribution in [2.24, 2.45) is 0 Å². The van der Waals surface area contributed by atoms with Gasteiger partial charge >= 0.3 is 26.2 Å². The van der Waals surface area contributed by atoms with Gasteiger partial charge in [0.05, 0.1) is 36.3 Å². The van der Waals surface area contributed by atoms with Crippen LogP contribution in [-0.2, 0) is 52.6 Å². The zero-order chi connectivity index (χ0) is 40.1. The van der Waals surface area contributed by atoms with Crippen LogP contribution in [0, 0.1) is 0 Å². The summed E-state index contributed by atoms with van der Waals surface area (Å²) in [5.74, 6) is 0.860. The molecule has 0 saturated heterocycles. The average molecular weight is 839 g/mol. The predicted octanol–water partition coefficient (Wildman–Crippen LogP) is 11.0. The molecule has 0 aliphatic carbocycles. The van der Waals surface area contributed by atoms with Gasteiger partial charge in [0.15, 0.2) is 0 Å². The Morgan fingerprint density at radius 3 is 1.28 bits per heavy atom. The molecule has 5 aromatic carbocycles. The van der Waals surface area contributed by atoms with E-state index < -0.39 is 5.60 Å². The molecule has 6 aromatic rings. The van der Waals surface area contributed by atoms with Crippen molar-refractivity contribution in [1.29, 1.82) is 0 Å². The maximum Gasteiger partial charge on any atom is 2.00 e. The summed E-state index contributed by atoms with van der Waals surface area (Å²) in [4.78, 5) is 34.5. The van der Waals surface area contributed by atoms with Gasteiger partial charge in [0.25, 0.3) is 0 Å². The van der Waals surface area contributed by atoms with Crippen molar-refractivity contribution >= 4 is 24.5 Å². The van der Waals surface area contributed by atoms with Gasteiger partial charge in [-0.1, -0.05) is 108 Å². The molecule has 1 heterocycles. The Balaban J connectivity index is 0.000000501. The number of nitrogens with one attached hydrogen (secondary N) is 1. The van der Waals surface area contributed by atoms with Crippen LogP contribution < -0.4 is 5.32 Å². The Morgan fingerprint density at radius 1 is 0.561 bits per heavy atom. The number of carbonyl (C=O) groups excluding carboxylic acids is 3. The minimum absolute atomic E-state index is 0. The number of hydrogen-bond donors (Lipinski definition) is 2. The molecule has 0 saturated carbocycles. The van der Waals surface area contributed by atoms with Gasteiger partial charge < -0.3 is 24.8 Å². The number of anilines is 1. The van der Waals surface area contributed by atoms with E-state index in [0.717, 1.165) is 11.3 Å². The molecule has 0 aliphatic rings. The van der Waals surface area contributed by atoms with Crippen LogP contribution in [0.25, 0.3) is 0 Å². The number of pyridine rings is 1. The molecule has 0 amide bonds. The quantitative estimate of drug-likeness (QED) is 0.126. The third-order valence-corrected chi connectivity index (χ3v) is 8.57. The normalized spacial score (nSPS) is 11.5. The molecule has 2 unspecified atom stereocenters. The van der Waals surface area contributed by atoms with Gasteiger partial charge in [0.2, 0.25) is 0 Å². The van der Waals surface area contributed by atoms with Crippen LogP contribution in [0.15, 0.2) is 158 Å². The second kappa shape index (κ2) is 26.7. The minimum atomic E-state index is -1.03. The zero-order valence-electron chi connectivity index (χ0n) is 33.1. The smallest absolute Gasteiger partial charge is 0.383 e. The van der Waals surface area contributed by atoms with Crippen LogP contribution in [0.2, 0.25) is 0 Å². The SMILES string of the molecule is C.CC(C)c1cccc(C(C)C)c1NC(C)c1cccc(C(C)(O)Cc2ccccc2)n1.O=[C-]c1ccccc1.O=[C-]c1ccccc1.O=[C-]c1ccccc1.[Zr+2]. The van der Waals surface area contributed by atoms with Gasteiger partial charge in [-0.2, -0.15) is 53.1 Å². The van der Waals surface area contributed by atoms with Crippen molar-refractivity contribution in [3.8, 4) is 0 Å². The van der Waals surface area contributed by atoms with E-state index in [2.05, 4.69) is 58.1 Å². The Hall–Kier alpha value is -5.10. The fraction of sp³-hybridized carbons (Fsp3) is 0.240. The number of aliphatic hydroxyl groups is 1. The fourth-order valence-electron chi connectivity index (χ4n) is 5.60. The molecule has 0 fully saturated rings. The summed E-state index contributed by atoms with van der Waals surface area (Å²) in [5.41, 5.74) is 7.36. The van der Waals surface area contributed by atoms with Crippen molar-refractivity contribution in [3.05, 3.63) is 202 Å². The Morgan fingerprint density at radius 2 is 0.930 bits per heavy atom. The molecule has 7 heteroatoms. The molecule has 2 N–H and O–H groups in total. The zero-order valence-corrected chi connectivity index (χ0v) is 35.5. The first-order chi connectivity index (χ1) is 26.5. The van der Waals surface area contributed by atoms with Crippen LogP contribution in [-0.4, -0.2) is 28.9 Å². The van der Waals surface area contributed by atoms with E-state index in [1.54, 1.807) is 91.7 Å². The van der Waals surface area contributed by atoms with E-state index in [4.69, 9.17) is 4.98 Å². The Bertz CT molecular complexity index is 1870. The maximum absolute atomic E-state index is 11.2. The number of nitrogens with zero attached hydrogens (tertiary/aromatic N) is 1. The number of para-hydroxylation sites is 1. The van der Waals surface area contributed by atoms with E-state index in [9.17, 15) is 19.5 Å². The van der Waals surface area contributed by atoms with E-state index in [0.29, 0.717) is 40.6 Å². The summed E-state index contributed by atoms with van der Waals surface area (Å²) in [6.07, 6.45) is 5.86. The van der Waals surface area contributed by atoms with E-state index in [1.807, 2.05) is 73.7 Å². The molecule has 6 nitrogen and oxygen atoms in total. The molecule has 0 aliphatic heterocycles. The minimum Gasteiger partial charge on any atom is -0.383 e. The molecule has 1 aromatic heterocycles. The molecule has 6 rings (SSSR count). The molecule has 0 spiro atoms. The number of hydrogen-bond acceptors (Lipinski definition) is 6. The number of aromatic nitrogens is 1. The fourth-order valence-corrected chi connectivity index (χ4v) is 5.60. The number of rotatable bonds is 11. The van der Waals surface area contributed by atoms with Gasteiger partial charge in [-0.05, 0) is 54.5 Å². The Labute approximate surface area is 360 Å². The van der Waals surface area contributed by atoms with E-state index >= 15 is 0 Å². The van der Waals surface area contributed by atoms with Crippen LogP contribution in [0.5, 0.6) is 0 Å². The summed E-state index contributed by atoms with van der Waals surface area (Å²) >= 11 is 0. The van der Waals surface area contributed by atoms with Crippen LogP contribution in [0.1, 0.15) is 112 Å². The van der Waals surface area contributed by atoms with Crippen molar-refractivity contribution in [2.45, 2.75) is 78.9 Å². The predicted molar refractivity (Wildman–Crippen MR) is 231 cm³/mol. The average Bonchev–Trinajstić information content (AvgIpc) is 3.22. The topological polar surface area (TPSA) is 96.4 Å². The summed E-state index contributed by atoms with van der Waals surface area (Å²) in [5, 5.41) is 14.9. The summed E-state index contributed by atoms with van der Waals surface area (Å²) in [6, 6.07) is 49.3. The van der Waals surface area contributed by atoms with Crippen molar-refractivity contribution in [2.75, 3.05) is 5.32 Å². The van der Waals surface area contributed by atoms with Gasteiger partial charge in [0, 0.05) is 12.1 Å². The molecule has 57 heavy (non-hydrogen) atoms. The molecule has 2 atom stereocenters. The van der Waals surface area contributed by atoms with Crippen molar-refractivity contribution in [1.82, 2.24) is 4.98 Å². The van der Waals surface area contributed by atoms with E-state index in [1.165, 1.54) is 16.8 Å². The van der Waals surface area contributed by atoms with Gasteiger partial charge in [-0.3, -0.25) is 4.98 Å². The molecule has 294 valence electrons. The molecular formula is C50H55N2O4Zr-. The van der Waals surface area contributed by atoms with E-state index in [-0.39, 0.29) is 39.7 Å². The second-order valence-electron chi connectivity index (χ2n) is 13.8. The van der Waals surface area contributed by atoms with Crippen LogP contribution in [0.3, 0.4) is 0 Å². The summed E-state index contributed by atoms with van der Waals surface area (Å²) in [6.45, 7) is 12.9. The monoisotopic (exact) mass is 837 g/mol.